The average molecular weight is 255 g/mol. The van der Waals surface area contributed by atoms with Gasteiger partial charge in [0.25, 0.3) is 0 Å². The first kappa shape index (κ1) is 12.4. The third-order valence-electron chi connectivity index (χ3n) is 2.92. The summed E-state index contributed by atoms with van der Waals surface area (Å²) < 4.78 is 30.0. The van der Waals surface area contributed by atoms with Crippen LogP contribution < -0.4 is 4.74 Å². The number of ether oxygens (including phenoxy) is 1. The molecule has 17 heavy (non-hydrogen) atoms. The summed E-state index contributed by atoms with van der Waals surface area (Å²) >= 11 is 0. The van der Waals surface area contributed by atoms with Crippen molar-refractivity contribution in [3.05, 3.63) is 30.3 Å². The third-order valence-corrected chi connectivity index (χ3v) is 4.22. The van der Waals surface area contributed by atoms with E-state index in [-0.39, 0.29) is 6.10 Å². The van der Waals surface area contributed by atoms with Crippen molar-refractivity contribution in [1.82, 2.24) is 4.31 Å². The van der Waals surface area contributed by atoms with Crippen LogP contribution in [0.5, 0.6) is 5.75 Å². The largest absolute Gasteiger partial charge is 0.490 e. The lowest BCUT2D eigenvalue weighted by atomic mass is 10.1. The van der Waals surface area contributed by atoms with Crippen LogP contribution in [0.15, 0.2) is 30.3 Å². The van der Waals surface area contributed by atoms with Gasteiger partial charge >= 0.3 is 0 Å². The van der Waals surface area contributed by atoms with E-state index in [1.54, 1.807) is 0 Å². The van der Waals surface area contributed by atoms with E-state index in [0.717, 1.165) is 18.6 Å². The van der Waals surface area contributed by atoms with E-state index >= 15 is 0 Å². The molecule has 0 radical (unpaired) electrons. The van der Waals surface area contributed by atoms with Crippen LogP contribution in [0.2, 0.25) is 0 Å². The van der Waals surface area contributed by atoms with Crippen LogP contribution in [0.1, 0.15) is 12.8 Å². The number of benzene rings is 1. The third kappa shape index (κ3) is 3.44. The predicted molar refractivity (Wildman–Crippen MR) is 66.5 cm³/mol. The van der Waals surface area contributed by atoms with E-state index in [2.05, 4.69) is 0 Å². The number of para-hydroxylation sites is 1. The average Bonchev–Trinajstić information content (AvgIpc) is 2.30. The van der Waals surface area contributed by atoms with Crippen LogP contribution in [0.25, 0.3) is 0 Å². The minimum Gasteiger partial charge on any atom is -0.490 e. The van der Waals surface area contributed by atoms with Crippen molar-refractivity contribution in [3.63, 3.8) is 0 Å². The van der Waals surface area contributed by atoms with Gasteiger partial charge in [0.1, 0.15) is 11.9 Å². The van der Waals surface area contributed by atoms with Gasteiger partial charge < -0.3 is 4.74 Å². The fourth-order valence-electron chi connectivity index (χ4n) is 1.97. The summed E-state index contributed by atoms with van der Waals surface area (Å²) in [6, 6.07) is 9.65. The van der Waals surface area contributed by atoms with Crippen molar-refractivity contribution in [2.75, 3.05) is 19.3 Å². The number of hydrogen-bond donors (Lipinski definition) is 0. The van der Waals surface area contributed by atoms with Gasteiger partial charge in [0.2, 0.25) is 10.0 Å². The predicted octanol–water partition coefficient (Wildman–Crippen LogP) is 1.49. The van der Waals surface area contributed by atoms with Gasteiger partial charge in [0, 0.05) is 13.1 Å². The van der Waals surface area contributed by atoms with Gasteiger partial charge in [-0.15, -0.1) is 0 Å². The molecule has 0 saturated carbocycles. The zero-order valence-corrected chi connectivity index (χ0v) is 10.7. The Morgan fingerprint density at radius 2 is 1.76 bits per heavy atom. The maximum Gasteiger partial charge on any atom is 0.211 e. The molecule has 0 amide bonds. The van der Waals surface area contributed by atoms with Crippen molar-refractivity contribution in [1.29, 1.82) is 0 Å². The van der Waals surface area contributed by atoms with Crippen molar-refractivity contribution in [2.24, 2.45) is 0 Å². The van der Waals surface area contributed by atoms with Crippen LogP contribution in [0.4, 0.5) is 0 Å². The SMILES string of the molecule is CS(=O)(=O)N1CCC(Oc2ccccc2)CC1. The fourth-order valence-corrected chi connectivity index (χ4v) is 2.85. The summed E-state index contributed by atoms with van der Waals surface area (Å²) in [4.78, 5) is 0. The van der Waals surface area contributed by atoms with Gasteiger partial charge in [-0.25, -0.2) is 12.7 Å². The summed E-state index contributed by atoms with van der Waals surface area (Å²) in [5, 5.41) is 0. The van der Waals surface area contributed by atoms with Crippen molar-refractivity contribution >= 4 is 10.0 Å². The molecule has 1 aromatic rings. The van der Waals surface area contributed by atoms with Gasteiger partial charge in [-0.1, -0.05) is 18.2 Å². The quantitative estimate of drug-likeness (QED) is 0.822. The van der Waals surface area contributed by atoms with Crippen LogP contribution >= 0.6 is 0 Å². The molecule has 0 atom stereocenters. The molecule has 0 unspecified atom stereocenters. The lowest BCUT2D eigenvalue weighted by Crippen LogP contribution is -2.41. The van der Waals surface area contributed by atoms with Gasteiger partial charge in [-0.2, -0.15) is 0 Å². The Kier molecular flexibility index (Phi) is 3.69. The molecule has 0 spiro atoms. The molecule has 5 heteroatoms. The Labute approximate surface area is 102 Å². The van der Waals surface area contributed by atoms with Gasteiger partial charge in [-0.3, -0.25) is 0 Å². The lowest BCUT2D eigenvalue weighted by Gasteiger charge is -2.30. The van der Waals surface area contributed by atoms with Crippen molar-refractivity contribution in [2.45, 2.75) is 18.9 Å². The summed E-state index contributed by atoms with van der Waals surface area (Å²) in [5.74, 6) is 0.852. The molecular weight excluding hydrogens is 238 g/mol. The van der Waals surface area contributed by atoms with E-state index < -0.39 is 10.0 Å². The first-order valence-electron chi connectivity index (χ1n) is 5.72. The Bertz CT molecular complexity index is 450. The first-order valence-corrected chi connectivity index (χ1v) is 7.57. The highest BCUT2D eigenvalue weighted by Gasteiger charge is 2.25. The Morgan fingerprint density at radius 3 is 2.29 bits per heavy atom. The molecule has 1 heterocycles. The highest BCUT2D eigenvalue weighted by molar-refractivity contribution is 7.88. The Balaban J connectivity index is 1.88. The zero-order valence-electron chi connectivity index (χ0n) is 9.87. The summed E-state index contributed by atoms with van der Waals surface area (Å²) in [5.41, 5.74) is 0. The molecule has 0 bridgehead atoms. The minimum absolute atomic E-state index is 0.121. The summed E-state index contributed by atoms with van der Waals surface area (Å²) in [6.45, 7) is 1.10. The Morgan fingerprint density at radius 1 is 1.18 bits per heavy atom. The van der Waals surface area contributed by atoms with Crippen LogP contribution in [-0.2, 0) is 10.0 Å². The molecule has 4 nitrogen and oxygen atoms in total. The van der Waals surface area contributed by atoms with E-state index in [1.165, 1.54) is 10.6 Å². The molecule has 1 aromatic carbocycles. The number of piperidine rings is 1. The highest BCUT2D eigenvalue weighted by Crippen LogP contribution is 2.19. The van der Waals surface area contributed by atoms with Crippen LogP contribution in [-0.4, -0.2) is 38.2 Å². The first-order chi connectivity index (χ1) is 8.05. The second kappa shape index (κ2) is 5.06. The van der Waals surface area contributed by atoms with Crippen LogP contribution in [0.3, 0.4) is 0 Å². The lowest BCUT2D eigenvalue weighted by molar-refractivity contribution is 0.135. The highest BCUT2D eigenvalue weighted by atomic mass is 32.2. The monoisotopic (exact) mass is 255 g/mol. The number of nitrogens with zero attached hydrogens (tertiary/aromatic N) is 1. The fraction of sp³-hybridized carbons (Fsp3) is 0.500. The molecule has 0 aromatic heterocycles. The second-order valence-corrected chi connectivity index (χ2v) is 6.27. The van der Waals surface area contributed by atoms with E-state index in [1.807, 2.05) is 30.3 Å². The topological polar surface area (TPSA) is 46.6 Å². The number of sulfonamides is 1. The molecule has 94 valence electrons. The zero-order chi connectivity index (χ0) is 12.3. The second-order valence-electron chi connectivity index (χ2n) is 4.29. The molecule has 1 fully saturated rings. The van der Waals surface area contributed by atoms with E-state index in [0.29, 0.717) is 13.1 Å². The van der Waals surface area contributed by atoms with E-state index in [9.17, 15) is 8.42 Å². The number of hydrogen-bond acceptors (Lipinski definition) is 3. The van der Waals surface area contributed by atoms with Gasteiger partial charge in [-0.05, 0) is 25.0 Å². The van der Waals surface area contributed by atoms with Gasteiger partial charge in [0.05, 0.1) is 6.26 Å². The summed E-state index contributed by atoms with van der Waals surface area (Å²) in [7, 11) is -3.04. The minimum atomic E-state index is -3.04. The van der Waals surface area contributed by atoms with Crippen molar-refractivity contribution in [3.8, 4) is 5.75 Å². The summed E-state index contributed by atoms with van der Waals surface area (Å²) in [6.07, 6.45) is 2.88. The molecule has 0 N–H and O–H groups in total. The molecule has 1 aliphatic rings. The molecule has 1 saturated heterocycles. The maximum atomic E-state index is 11.3. The smallest absolute Gasteiger partial charge is 0.211 e. The molecule has 1 aliphatic heterocycles. The molecule has 0 aliphatic carbocycles. The van der Waals surface area contributed by atoms with Crippen LogP contribution in [0, 0.1) is 0 Å². The normalized spacial score (nSPS) is 19.1. The van der Waals surface area contributed by atoms with E-state index in [4.69, 9.17) is 4.74 Å². The number of rotatable bonds is 3. The Hall–Kier alpha value is -1.07. The van der Waals surface area contributed by atoms with Crippen molar-refractivity contribution < 1.29 is 13.2 Å². The molecule has 2 rings (SSSR count). The standard InChI is InChI=1S/C12H17NO3S/c1-17(14,15)13-9-7-12(8-10-13)16-11-5-3-2-4-6-11/h2-6,12H,7-10H2,1H3. The molecular formula is C12H17NO3S. The van der Waals surface area contributed by atoms with Gasteiger partial charge in [0.15, 0.2) is 0 Å². The maximum absolute atomic E-state index is 11.3.